The quantitative estimate of drug-likeness (QED) is 0.849. The molecule has 1 amide bonds. The number of benzene rings is 1. The van der Waals surface area contributed by atoms with Crippen LogP contribution >= 0.6 is 0 Å². The van der Waals surface area contributed by atoms with E-state index in [0.717, 1.165) is 5.56 Å². The molecule has 0 spiro atoms. The van der Waals surface area contributed by atoms with Gasteiger partial charge in [-0.25, -0.2) is 4.79 Å². The van der Waals surface area contributed by atoms with Crippen molar-refractivity contribution in [1.29, 1.82) is 0 Å². The molecule has 1 aromatic heterocycles. The maximum absolute atomic E-state index is 12.6. The highest BCUT2D eigenvalue weighted by Crippen LogP contribution is 2.18. The van der Waals surface area contributed by atoms with Crippen LogP contribution in [0.2, 0.25) is 0 Å². The topological polar surface area (TPSA) is 84.5 Å². The smallest absolute Gasteiger partial charge is 0.357 e. The van der Waals surface area contributed by atoms with E-state index >= 15 is 0 Å². The van der Waals surface area contributed by atoms with Crippen molar-refractivity contribution < 1.29 is 19.1 Å². The van der Waals surface area contributed by atoms with Crippen LogP contribution in [0.5, 0.6) is 0 Å². The Morgan fingerprint density at radius 2 is 1.88 bits per heavy atom. The highest BCUT2D eigenvalue weighted by Gasteiger charge is 2.30. The van der Waals surface area contributed by atoms with Gasteiger partial charge in [-0.3, -0.25) is 9.89 Å². The fourth-order valence-electron chi connectivity index (χ4n) is 3.07. The molecule has 7 nitrogen and oxygen atoms in total. The molecule has 1 aromatic carbocycles. The highest BCUT2D eigenvalue weighted by atomic mass is 16.5. The van der Waals surface area contributed by atoms with Gasteiger partial charge in [0.05, 0.1) is 17.9 Å². The number of hydrogen-bond donors (Lipinski definition) is 1. The van der Waals surface area contributed by atoms with Crippen molar-refractivity contribution in [3.63, 3.8) is 0 Å². The van der Waals surface area contributed by atoms with Crippen molar-refractivity contribution in [2.24, 2.45) is 0 Å². The average Bonchev–Trinajstić information content (AvgIpc) is 3.11. The lowest BCUT2D eigenvalue weighted by Crippen LogP contribution is -2.51. The van der Waals surface area contributed by atoms with Crippen LogP contribution in [0.25, 0.3) is 11.3 Å². The van der Waals surface area contributed by atoms with Gasteiger partial charge >= 0.3 is 5.97 Å². The minimum absolute atomic E-state index is 0.0355. The molecule has 138 valence electrons. The predicted octanol–water partition coefficient (Wildman–Crippen LogP) is 2.26. The number of morpholine rings is 1. The van der Waals surface area contributed by atoms with Gasteiger partial charge in [-0.2, -0.15) is 5.10 Å². The first kappa shape index (κ1) is 18.1. The van der Waals surface area contributed by atoms with Crippen LogP contribution in [-0.4, -0.2) is 58.4 Å². The summed E-state index contributed by atoms with van der Waals surface area (Å²) in [6.45, 7) is 6.41. The van der Waals surface area contributed by atoms with E-state index in [2.05, 4.69) is 10.2 Å². The van der Waals surface area contributed by atoms with Gasteiger partial charge in [-0.1, -0.05) is 30.3 Å². The molecule has 1 aliphatic heterocycles. The number of amides is 1. The highest BCUT2D eigenvalue weighted by molar-refractivity contribution is 5.91. The molecule has 26 heavy (non-hydrogen) atoms. The van der Waals surface area contributed by atoms with Gasteiger partial charge in [0.25, 0.3) is 5.91 Å². The second kappa shape index (κ2) is 7.70. The van der Waals surface area contributed by atoms with Crippen LogP contribution in [0.3, 0.4) is 0 Å². The molecule has 2 heterocycles. The van der Waals surface area contributed by atoms with E-state index in [1.54, 1.807) is 17.9 Å². The number of carbonyl (C=O) groups excluding carboxylic acids is 2. The van der Waals surface area contributed by atoms with Crippen LogP contribution in [0, 0.1) is 0 Å². The molecule has 1 aliphatic rings. The zero-order valence-corrected chi connectivity index (χ0v) is 15.1. The van der Waals surface area contributed by atoms with Gasteiger partial charge in [0.2, 0.25) is 0 Å². The van der Waals surface area contributed by atoms with E-state index in [1.807, 2.05) is 44.2 Å². The van der Waals surface area contributed by atoms with Crippen molar-refractivity contribution in [2.45, 2.75) is 39.1 Å². The van der Waals surface area contributed by atoms with Crippen LogP contribution in [0.1, 0.15) is 31.3 Å². The first-order valence-corrected chi connectivity index (χ1v) is 8.70. The fraction of sp³-hybridized carbons (Fsp3) is 0.421. The van der Waals surface area contributed by atoms with Gasteiger partial charge in [-0.05, 0) is 26.8 Å². The minimum atomic E-state index is -0.872. The lowest BCUT2D eigenvalue weighted by Gasteiger charge is -2.36. The Kier molecular flexibility index (Phi) is 5.37. The summed E-state index contributed by atoms with van der Waals surface area (Å²) in [4.78, 5) is 26.6. The monoisotopic (exact) mass is 357 g/mol. The van der Waals surface area contributed by atoms with Gasteiger partial charge in [0.1, 0.15) is 5.69 Å². The summed E-state index contributed by atoms with van der Waals surface area (Å²) in [7, 11) is 0. The van der Waals surface area contributed by atoms with Crippen molar-refractivity contribution in [2.75, 3.05) is 13.1 Å². The van der Waals surface area contributed by atoms with Crippen LogP contribution in [0.15, 0.2) is 36.4 Å². The molecule has 0 radical (unpaired) electrons. The molecule has 1 saturated heterocycles. The maximum atomic E-state index is 12.6. The Balaban J connectivity index is 1.62. The molecular formula is C19H23N3O4. The van der Waals surface area contributed by atoms with Crippen LogP contribution in [-0.2, 0) is 14.3 Å². The Morgan fingerprint density at radius 1 is 1.23 bits per heavy atom. The number of hydrogen-bond acceptors (Lipinski definition) is 5. The van der Waals surface area contributed by atoms with Crippen molar-refractivity contribution in [3.8, 4) is 11.3 Å². The number of aromatic amines is 1. The van der Waals surface area contributed by atoms with E-state index in [-0.39, 0.29) is 23.8 Å². The largest absolute Gasteiger partial charge is 0.448 e. The number of esters is 1. The summed E-state index contributed by atoms with van der Waals surface area (Å²) in [6.07, 6.45) is -0.943. The molecule has 2 aromatic rings. The Morgan fingerprint density at radius 3 is 2.54 bits per heavy atom. The standard InChI is InChI=1S/C19H23N3O4/c1-12-10-22(11-13(2)25-12)18(23)14(3)26-19(24)17-9-16(20-21-17)15-7-5-4-6-8-15/h4-9,12-14H,10-11H2,1-3H3,(H,20,21)/t12-,13-,14-/m1/s1. The third-order valence-electron chi connectivity index (χ3n) is 4.23. The summed E-state index contributed by atoms with van der Waals surface area (Å²) in [5.41, 5.74) is 1.75. The number of carbonyl (C=O) groups is 2. The Hall–Kier alpha value is -2.67. The second-order valence-electron chi connectivity index (χ2n) is 6.58. The molecule has 0 aliphatic carbocycles. The van der Waals surface area contributed by atoms with Gasteiger partial charge in [0.15, 0.2) is 6.10 Å². The van der Waals surface area contributed by atoms with Crippen molar-refractivity contribution in [1.82, 2.24) is 15.1 Å². The number of rotatable bonds is 4. The summed E-state index contributed by atoms with van der Waals surface area (Å²) in [5, 5.41) is 6.80. The molecule has 3 atom stereocenters. The zero-order valence-electron chi connectivity index (χ0n) is 15.1. The summed E-state index contributed by atoms with van der Waals surface area (Å²) >= 11 is 0. The molecule has 1 fully saturated rings. The number of nitrogens with zero attached hydrogens (tertiary/aromatic N) is 2. The first-order chi connectivity index (χ1) is 12.4. The van der Waals surface area contributed by atoms with Crippen molar-refractivity contribution in [3.05, 3.63) is 42.1 Å². The van der Waals surface area contributed by atoms with Crippen molar-refractivity contribution >= 4 is 11.9 Å². The van der Waals surface area contributed by atoms with E-state index in [0.29, 0.717) is 18.8 Å². The second-order valence-corrected chi connectivity index (χ2v) is 6.58. The Bertz CT molecular complexity index is 764. The van der Waals surface area contributed by atoms with Gasteiger partial charge in [-0.15, -0.1) is 0 Å². The number of aromatic nitrogens is 2. The number of ether oxygens (including phenoxy) is 2. The lowest BCUT2D eigenvalue weighted by molar-refractivity contribution is -0.151. The molecule has 0 saturated carbocycles. The molecule has 0 unspecified atom stereocenters. The Labute approximate surface area is 152 Å². The summed E-state index contributed by atoms with van der Waals surface area (Å²) < 4.78 is 11.0. The van der Waals surface area contributed by atoms with E-state index < -0.39 is 12.1 Å². The van der Waals surface area contributed by atoms with Crippen LogP contribution < -0.4 is 0 Å². The minimum Gasteiger partial charge on any atom is -0.448 e. The zero-order chi connectivity index (χ0) is 18.7. The van der Waals surface area contributed by atoms with E-state index in [1.165, 1.54) is 0 Å². The van der Waals surface area contributed by atoms with E-state index in [4.69, 9.17) is 9.47 Å². The molecule has 3 rings (SSSR count). The molecule has 7 heteroatoms. The SMILES string of the molecule is C[C@@H]1CN(C(=O)[C@@H](C)OC(=O)c2cc(-c3ccccc3)n[nH]2)C[C@@H](C)O1. The average molecular weight is 357 g/mol. The first-order valence-electron chi connectivity index (χ1n) is 8.70. The third kappa shape index (κ3) is 4.11. The normalized spacial score (nSPS) is 21.3. The number of H-pyrrole nitrogens is 1. The fourth-order valence-corrected chi connectivity index (χ4v) is 3.07. The van der Waals surface area contributed by atoms with Crippen LogP contribution in [0.4, 0.5) is 0 Å². The van der Waals surface area contributed by atoms with Gasteiger partial charge in [0, 0.05) is 18.7 Å². The van der Waals surface area contributed by atoms with E-state index in [9.17, 15) is 9.59 Å². The summed E-state index contributed by atoms with van der Waals surface area (Å²) in [5.74, 6) is -0.821. The predicted molar refractivity (Wildman–Crippen MR) is 95.5 cm³/mol. The van der Waals surface area contributed by atoms with Gasteiger partial charge < -0.3 is 14.4 Å². The lowest BCUT2D eigenvalue weighted by atomic mass is 10.1. The third-order valence-corrected chi connectivity index (χ3v) is 4.23. The molecule has 0 bridgehead atoms. The maximum Gasteiger partial charge on any atom is 0.357 e. The number of nitrogens with one attached hydrogen (secondary N) is 1. The summed E-state index contributed by atoms with van der Waals surface area (Å²) in [6, 6.07) is 11.1. The molecule has 1 N–H and O–H groups in total. The molecular weight excluding hydrogens is 334 g/mol.